The van der Waals surface area contributed by atoms with Crippen molar-refractivity contribution in [2.24, 2.45) is 11.8 Å². The lowest BCUT2D eigenvalue weighted by atomic mass is 9.77. The number of carbonyl (C=O) groups is 1. The highest BCUT2D eigenvalue weighted by molar-refractivity contribution is 5.71. The van der Waals surface area contributed by atoms with Gasteiger partial charge in [0.15, 0.2) is 5.82 Å². The van der Waals surface area contributed by atoms with Crippen LogP contribution in [0, 0.1) is 11.8 Å². The molecule has 1 saturated carbocycles. The van der Waals surface area contributed by atoms with Crippen molar-refractivity contribution >= 4 is 11.8 Å². The molecule has 23 heavy (non-hydrogen) atoms. The summed E-state index contributed by atoms with van der Waals surface area (Å²) in [7, 11) is 0. The lowest BCUT2D eigenvalue weighted by Gasteiger charge is -2.26. The molecule has 8 nitrogen and oxygen atoms in total. The van der Waals surface area contributed by atoms with E-state index >= 15 is 0 Å². The van der Waals surface area contributed by atoms with Gasteiger partial charge in [-0.05, 0) is 36.8 Å². The maximum Gasteiger partial charge on any atom is 0.307 e. The SMILES string of the molecule is Nc1ccc(CC(c2nn[nH]n2)C(C(=O)O)C2CCCC2)cn1. The second-order valence-electron chi connectivity index (χ2n) is 6.08. The average molecular weight is 316 g/mol. The van der Waals surface area contributed by atoms with Gasteiger partial charge in [0.2, 0.25) is 0 Å². The Morgan fingerprint density at radius 2 is 2.17 bits per heavy atom. The molecule has 8 heteroatoms. The molecule has 122 valence electrons. The molecular weight excluding hydrogens is 296 g/mol. The first kappa shape index (κ1) is 15.4. The van der Waals surface area contributed by atoms with Crippen molar-refractivity contribution in [3.8, 4) is 0 Å². The summed E-state index contributed by atoms with van der Waals surface area (Å²) < 4.78 is 0. The zero-order valence-electron chi connectivity index (χ0n) is 12.7. The fourth-order valence-corrected chi connectivity index (χ4v) is 3.53. The van der Waals surface area contributed by atoms with E-state index in [9.17, 15) is 9.90 Å². The number of aromatic amines is 1. The summed E-state index contributed by atoms with van der Waals surface area (Å²) in [6.45, 7) is 0. The molecule has 1 fully saturated rings. The average Bonchev–Trinajstić information content (AvgIpc) is 3.21. The zero-order chi connectivity index (χ0) is 16.2. The summed E-state index contributed by atoms with van der Waals surface area (Å²) in [5, 5.41) is 23.9. The van der Waals surface area contributed by atoms with Crippen molar-refractivity contribution in [1.29, 1.82) is 0 Å². The molecule has 2 aromatic heterocycles. The second-order valence-corrected chi connectivity index (χ2v) is 6.08. The van der Waals surface area contributed by atoms with Gasteiger partial charge in [-0.25, -0.2) is 4.98 Å². The number of H-pyrrole nitrogens is 1. The Morgan fingerprint density at radius 1 is 1.39 bits per heavy atom. The Morgan fingerprint density at radius 3 is 2.74 bits per heavy atom. The summed E-state index contributed by atoms with van der Waals surface area (Å²) in [5.41, 5.74) is 6.53. The summed E-state index contributed by atoms with van der Waals surface area (Å²) in [4.78, 5) is 16.0. The maximum atomic E-state index is 11.9. The van der Waals surface area contributed by atoms with E-state index in [1.165, 1.54) is 0 Å². The third-order valence-electron chi connectivity index (χ3n) is 4.62. The first-order valence-corrected chi connectivity index (χ1v) is 7.81. The van der Waals surface area contributed by atoms with E-state index in [0.29, 0.717) is 18.1 Å². The standard InChI is InChI=1S/C15H20N6O2/c16-12-6-5-9(8-17-12)7-11(14-18-20-21-19-14)13(15(22)23)10-3-1-2-4-10/h5-6,8,10-11,13H,1-4,7H2,(H2,16,17)(H,22,23)(H,18,19,20,21). The molecule has 2 heterocycles. The Balaban J connectivity index is 1.90. The highest BCUT2D eigenvalue weighted by Gasteiger charge is 2.39. The third kappa shape index (κ3) is 3.46. The Kier molecular flexibility index (Phi) is 4.50. The minimum absolute atomic E-state index is 0.151. The molecule has 0 aliphatic heterocycles. The number of anilines is 1. The van der Waals surface area contributed by atoms with Gasteiger partial charge in [-0.15, -0.1) is 10.2 Å². The molecule has 1 aliphatic carbocycles. The number of hydrogen-bond donors (Lipinski definition) is 3. The Bertz CT molecular complexity index is 636. The number of tetrazole rings is 1. The van der Waals surface area contributed by atoms with Crippen molar-refractivity contribution in [2.75, 3.05) is 5.73 Å². The van der Waals surface area contributed by atoms with Gasteiger partial charge >= 0.3 is 5.97 Å². The molecule has 2 aromatic rings. The third-order valence-corrected chi connectivity index (χ3v) is 4.62. The predicted molar refractivity (Wildman–Crippen MR) is 82.4 cm³/mol. The van der Waals surface area contributed by atoms with Gasteiger partial charge in [0, 0.05) is 12.1 Å². The van der Waals surface area contributed by atoms with Crippen molar-refractivity contribution in [3.05, 3.63) is 29.7 Å². The Labute approximate surface area is 133 Å². The molecule has 0 saturated heterocycles. The van der Waals surface area contributed by atoms with Gasteiger partial charge in [0.05, 0.1) is 5.92 Å². The summed E-state index contributed by atoms with van der Waals surface area (Å²) in [6.07, 6.45) is 6.21. The molecule has 4 N–H and O–H groups in total. The van der Waals surface area contributed by atoms with Crippen LogP contribution in [0.3, 0.4) is 0 Å². The van der Waals surface area contributed by atoms with Crippen molar-refractivity contribution in [1.82, 2.24) is 25.6 Å². The lowest BCUT2D eigenvalue weighted by molar-refractivity contribution is -0.144. The molecule has 0 spiro atoms. The van der Waals surface area contributed by atoms with Crippen LogP contribution in [0.5, 0.6) is 0 Å². The molecule has 3 rings (SSSR count). The molecular formula is C15H20N6O2. The van der Waals surface area contributed by atoms with Gasteiger partial charge in [0.25, 0.3) is 0 Å². The van der Waals surface area contributed by atoms with E-state index in [2.05, 4.69) is 25.6 Å². The fourth-order valence-electron chi connectivity index (χ4n) is 3.53. The van der Waals surface area contributed by atoms with Gasteiger partial charge in [0.1, 0.15) is 5.82 Å². The maximum absolute atomic E-state index is 11.9. The van der Waals surface area contributed by atoms with Gasteiger partial charge in [-0.2, -0.15) is 5.21 Å². The molecule has 1 aliphatic rings. The molecule has 2 atom stereocenters. The highest BCUT2D eigenvalue weighted by atomic mass is 16.4. The van der Waals surface area contributed by atoms with Gasteiger partial charge < -0.3 is 10.8 Å². The van der Waals surface area contributed by atoms with Gasteiger partial charge in [-0.3, -0.25) is 4.79 Å². The van der Waals surface area contributed by atoms with Crippen LogP contribution in [0.1, 0.15) is 43.0 Å². The molecule has 0 amide bonds. The Hall–Kier alpha value is -2.51. The summed E-state index contributed by atoms with van der Waals surface area (Å²) >= 11 is 0. The quantitative estimate of drug-likeness (QED) is 0.734. The van der Waals surface area contributed by atoms with E-state index < -0.39 is 11.9 Å². The number of rotatable bonds is 6. The van der Waals surface area contributed by atoms with Crippen LogP contribution in [-0.4, -0.2) is 36.7 Å². The molecule has 0 radical (unpaired) electrons. The van der Waals surface area contributed by atoms with Crippen LogP contribution in [-0.2, 0) is 11.2 Å². The van der Waals surface area contributed by atoms with Crippen LogP contribution in [0.15, 0.2) is 18.3 Å². The molecule has 0 bridgehead atoms. The van der Waals surface area contributed by atoms with Crippen LogP contribution in [0.2, 0.25) is 0 Å². The number of aliphatic carboxylic acids is 1. The zero-order valence-corrected chi connectivity index (χ0v) is 12.7. The minimum atomic E-state index is -0.796. The summed E-state index contributed by atoms with van der Waals surface area (Å²) in [6, 6.07) is 3.58. The number of nitrogens with one attached hydrogen (secondary N) is 1. The van der Waals surface area contributed by atoms with E-state index in [1.807, 2.05) is 6.07 Å². The van der Waals surface area contributed by atoms with Crippen molar-refractivity contribution in [2.45, 2.75) is 38.0 Å². The number of nitrogens with zero attached hydrogens (tertiary/aromatic N) is 4. The lowest BCUT2D eigenvalue weighted by Crippen LogP contribution is -2.30. The van der Waals surface area contributed by atoms with Crippen molar-refractivity contribution in [3.63, 3.8) is 0 Å². The number of nitrogen functional groups attached to an aromatic ring is 1. The number of aromatic nitrogens is 5. The van der Waals surface area contributed by atoms with Crippen LogP contribution in [0.4, 0.5) is 5.82 Å². The minimum Gasteiger partial charge on any atom is -0.481 e. The first-order valence-electron chi connectivity index (χ1n) is 7.81. The first-order chi connectivity index (χ1) is 11.1. The number of pyridine rings is 1. The summed E-state index contributed by atoms with van der Waals surface area (Å²) in [5.74, 6) is -0.614. The predicted octanol–water partition coefficient (Wildman–Crippen LogP) is 1.39. The monoisotopic (exact) mass is 316 g/mol. The van der Waals surface area contributed by atoms with E-state index in [4.69, 9.17) is 5.73 Å². The fraction of sp³-hybridized carbons (Fsp3) is 0.533. The number of nitrogens with two attached hydrogens (primary N) is 1. The second kappa shape index (κ2) is 6.72. The normalized spacial score (nSPS) is 17.9. The highest BCUT2D eigenvalue weighted by Crippen LogP contribution is 2.40. The number of carboxylic acids is 1. The largest absolute Gasteiger partial charge is 0.481 e. The van der Waals surface area contributed by atoms with Crippen molar-refractivity contribution < 1.29 is 9.90 Å². The van der Waals surface area contributed by atoms with Gasteiger partial charge in [-0.1, -0.05) is 24.1 Å². The van der Waals surface area contributed by atoms with E-state index in [0.717, 1.165) is 31.2 Å². The topological polar surface area (TPSA) is 131 Å². The van der Waals surface area contributed by atoms with Crippen LogP contribution in [0.25, 0.3) is 0 Å². The van der Waals surface area contributed by atoms with Crippen LogP contribution >= 0.6 is 0 Å². The molecule has 2 unspecified atom stereocenters. The number of carboxylic acid groups (broad SMARTS) is 1. The van der Waals surface area contributed by atoms with E-state index in [-0.39, 0.29) is 11.8 Å². The van der Waals surface area contributed by atoms with E-state index in [1.54, 1.807) is 12.3 Å². The number of hydrogen-bond acceptors (Lipinski definition) is 6. The van der Waals surface area contributed by atoms with Crippen LogP contribution < -0.4 is 5.73 Å². The molecule has 0 aromatic carbocycles. The smallest absolute Gasteiger partial charge is 0.307 e.